The Morgan fingerprint density at radius 3 is 1.51 bits per heavy atom. The van der Waals surface area contributed by atoms with Gasteiger partial charge in [0.15, 0.2) is 0 Å². The fourth-order valence-corrected chi connectivity index (χ4v) is 11.6. The molecule has 5 heteroatoms. The van der Waals surface area contributed by atoms with Gasteiger partial charge in [-0.3, -0.25) is 0 Å². The van der Waals surface area contributed by atoms with Crippen molar-refractivity contribution in [3.8, 4) is 0 Å². The largest absolute Gasteiger partial charge is 0.311 e. The number of hydrogen-bond donors (Lipinski definition) is 0. The van der Waals surface area contributed by atoms with E-state index in [0.29, 0.717) is 0 Å². The number of benzene rings is 9. The molecule has 59 heavy (non-hydrogen) atoms. The van der Waals surface area contributed by atoms with Crippen molar-refractivity contribution in [2.75, 3.05) is 9.80 Å². The SMILES string of the molecule is c1ccc(N2c3cccc4c3B(c3ccc5c(c32)c2cccc3c6ccccc6n5c32)c2cc3c5ccccc5n5c6ccccc6c(c2N4c2ccccc2)c35)cc1. The zero-order chi connectivity index (χ0) is 38.1. The molecule has 0 N–H and O–H groups in total. The summed E-state index contributed by atoms with van der Waals surface area (Å²) in [5.41, 5.74) is 18.9. The van der Waals surface area contributed by atoms with Crippen molar-refractivity contribution >= 4 is 133 Å². The molecule has 0 radical (unpaired) electrons. The molecule has 0 saturated heterocycles. The first kappa shape index (κ1) is 30.4. The molecule has 270 valence electrons. The Labute approximate surface area is 338 Å². The van der Waals surface area contributed by atoms with Crippen molar-refractivity contribution in [2.24, 2.45) is 0 Å². The summed E-state index contributed by atoms with van der Waals surface area (Å²) in [5, 5.41) is 10.4. The second-order valence-corrected chi connectivity index (χ2v) is 16.4. The summed E-state index contributed by atoms with van der Waals surface area (Å²) < 4.78 is 5.04. The van der Waals surface area contributed by atoms with Crippen LogP contribution in [0.1, 0.15) is 0 Å². The zero-order valence-electron chi connectivity index (χ0n) is 31.8. The van der Waals surface area contributed by atoms with E-state index in [4.69, 9.17) is 0 Å². The normalized spacial score (nSPS) is 13.7. The third-order valence-electron chi connectivity index (χ3n) is 13.7. The van der Waals surface area contributed by atoms with Gasteiger partial charge < -0.3 is 18.6 Å². The third kappa shape index (κ3) is 3.52. The van der Waals surface area contributed by atoms with E-state index in [1.165, 1.54) is 115 Å². The average molecular weight is 747 g/mol. The van der Waals surface area contributed by atoms with E-state index in [-0.39, 0.29) is 6.71 Å². The van der Waals surface area contributed by atoms with Crippen LogP contribution in [0, 0.1) is 0 Å². The van der Waals surface area contributed by atoms with E-state index in [0.717, 1.165) is 11.4 Å². The monoisotopic (exact) mass is 746 g/mol. The predicted molar refractivity (Wildman–Crippen MR) is 250 cm³/mol. The first-order chi connectivity index (χ1) is 29.3. The molecular weight excluding hydrogens is 715 g/mol. The Balaban J connectivity index is 1.17. The molecule has 2 aliphatic heterocycles. The maximum absolute atomic E-state index is 2.57. The first-order valence-electron chi connectivity index (χ1n) is 20.6. The van der Waals surface area contributed by atoms with Gasteiger partial charge in [0.2, 0.25) is 0 Å². The Kier molecular flexibility index (Phi) is 5.46. The van der Waals surface area contributed by atoms with Gasteiger partial charge in [0, 0.05) is 65.8 Å². The quantitative estimate of drug-likeness (QED) is 0.164. The van der Waals surface area contributed by atoms with Gasteiger partial charge in [-0.2, -0.15) is 0 Å². The van der Waals surface area contributed by atoms with Crippen LogP contribution in [0.4, 0.5) is 34.1 Å². The van der Waals surface area contributed by atoms with Crippen molar-refractivity contribution in [1.82, 2.24) is 8.80 Å². The van der Waals surface area contributed by atoms with Crippen molar-refractivity contribution in [3.63, 3.8) is 0 Å². The molecule has 0 atom stereocenters. The predicted octanol–water partition coefficient (Wildman–Crippen LogP) is 12.1. The molecule has 0 amide bonds. The van der Waals surface area contributed by atoms with Crippen LogP contribution in [0.15, 0.2) is 188 Å². The van der Waals surface area contributed by atoms with Crippen LogP contribution in [0.25, 0.3) is 76.2 Å². The molecule has 0 aliphatic carbocycles. The number of fused-ring (bicyclic) bond motifs is 18. The molecule has 0 fully saturated rings. The maximum Gasteiger partial charge on any atom is 0.252 e. The minimum absolute atomic E-state index is 0.0251. The number of nitrogens with zero attached hydrogens (tertiary/aromatic N) is 4. The van der Waals surface area contributed by atoms with Gasteiger partial charge in [-0.05, 0) is 77.1 Å². The number of para-hydroxylation sites is 6. The van der Waals surface area contributed by atoms with Crippen LogP contribution < -0.4 is 26.2 Å². The molecule has 4 nitrogen and oxygen atoms in total. The van der Waals surface area contributed by atoms with Gasteiger partial charge in [0.05, 0.1) is 44.5 Å². The van der Waals surface area contributed by atoms with Crippen LogP contribution in [-0.4, -0.2) is 15.5 Å². The van der Waals surface area contributed by atoms with Gasteiger partial charge in [-0.1, -0.05) is 127 Å². The Morgan fingerprint density at radius 1 is 0.322 bits per heavy atom. The maximum atomic E-state index is 2.57. The minimum Gasteiger partial charge on any atom is -0.311 e. The van der Waals surface area contributed by atoms with E-state index < -0.39 is 0 Å². The molecule has 4 aromatic heterocycles. The van der Waals surface area contributed by atoms with Crippen molar-refractivity contribution < 1.29 is 0 Å². The molecule has 0 spiro atoms. The number of hydrogen-bond acceptors (Lipinski definition) is 2. The molecule has 13 aromatic rings. The summed E-state index contributed by atoms with van der Waals surface area (Å²) >= 11 is 0. The van der Waals surface area contributed by atoms with Gasteiger partial charge in [-0.25, -0.2) is 0 Å². The van der Waals surface area contributed by atoms with Crippen LogP contribution in [0.5, 0.6) is 0 Å². The van der Waals surface area contributed by atoms with Crippen LogP contribution in [0.2, 0.25) is 0 Å². The molecule has 2 aliphatic rings. The topological polar surface area (TPSA) is 15.3 Å². The van der Waals surface area contributed by atoms with Crippen molar-refractivity contribution in [2.45, 2.75) is 0 Å². The molecule has 0 bridgehead atoms. The first-order valence-corrected chi connectivity index (χ1v) is 20.6. The standard InChI is InChI=1S/C54H31BN4/c1-3-15-32(16-4-1)56-46-27-14-28-47-50(46)55(40-29-30-45-48(53(40)56)38-23-13-22-36-34-19-7-10-24-42(34)59(45)51(36)38)41-31-39-35-20-8-11-25-43(35)58-44-26-12-9-21-37(44)49(52(39)58)54(41)57(47)33-17-5-2-6-18-33/h1-31H. The zero-order valence-corrected chi connectivity index (χ0v) is 31.8. The molecule has 6 heterocycles. The molecule has 15 rings (SSSR count). The van der Waals surface area contributed by atoms with Crippen LogP contribution in [-0.2, 0) is 0 Å². The van der Waals surface area contributed by atoms with Gasteiger partial charge >= 0.3 is 0 Å². The summed E-state index contributed by atoms with van der Waals surface area (Å²) in [7, 11) is 0. The summed E-state index contributed by atoms with van der Waals surface area (Å²) in [6.45, 7) is -0.0251. The lowest BCUT2D eigenvalue weighted by Crippen LogP contribution is -2.61. The van der Waals surface area contributed by atoms with Crippen molar-refractivity contribution in [3.05, 3.63) is 188 Å². The summed E-state index contributed by atoms with van der Waals surface area (Å²) in [4.78, 5) is 5.15. The van der Waals surface area contributed by atoms with Gasteiger partial charge in [0.25, 0.3) is 6.71 Å². The molecule has 0 unspecified atom stereocenters. The Bertz CT molecular complexity index is 3920. The Morgan fingerprint density at radius 2 is 0.831 bits per heavy atom. The third-order valence-corrected chi connectivity index (χ3v) is 13.7. The molecule has 0 saturated carbocycles. The second-order valence-electron chi connectivity index (χ2n) is 16.4. The fraction of sp³-hybridized carbons (Fsp3) is 0. The van der Waals surface area contributed by atoms with E-state index in [1.54, 1.807) is 0 Å². The highest BCUT2D eigenvalue weighted by Gasteiger charge is 2.45. The highest BCUT2D eigenvalue weighted by molar-refractivity contribution is 7.01. The summed E-state index contributed by atoms with van der Waals surface area (Å²) in [6.07, 6.45) is 0. The average Bonchev–Trinajstić information content (AvgIpc) is 4.03. The highest BCUT2D eigenvalue weighted by Crippen LogP contribution is 2.52. The van der Waals surface area contributed by atoms with Crippen molar-refractivity contribution in [1.29, 1.82) is 0 Å². The van der Waals surface area contributed by atoms with Gasteiger partial charge in [0.1, 0.15) is 0 Å². The number of anilines is 6. The van der Waals surface area contributed by atoms with E-state index >= 15 is 0 Å². The molecule has 9 aromatic carbocycles. The Hall–Kier alpha value is -7.76. The van der Waals surface area contributed by atoms with E-state index in [9.17, 15) is 0 Å². The smallest absolute Gasteiger partial charge is 0.252 e. The highest BCUT2D eigenvalue weighted by atomic mass is 15.2. The lowest BCUT2D eigenvalue weighted by atomic mass is 9.33. The number of aromatic nitrogens is 2. The van der Waals surface area contributed by atoms with Gasteiger partial charge in [-0.15, -0.1) is 0 Å². The molecular formula is C54H31BN4. The number of rotatable bonds is 2. The summed E-state index contributed by atoms with van der Waals surface area (Å²) in [5.74, 6) is 0. The fourth-order valence-electron chi connectivity index (χ4n) is 11.6. The second kappa shape index (κ2) is 10.6. The van der Waals surface area contributed by atoms with E-state index in [2.05, 4.69) is 207 Å². The van der Waals surface area contributed by atoms with E-state index in [1.807, 2.05) is 0 Å². The van der Waals surface area contributed by atoms with Crippen LogP contribution in [0.3, 0.4) is 0 Å². The van der Waals surface area contributed by atoms with Crippen LogP contribution >= 0.6 is 0 Å². The lowest BCUT2D eigenvalue weighted by Gasteiger charge is -2.44. The lowest BCUT2D eigenvalue weighted by molar-refractivity contribution is 1.27. The minimum atomic E-state index is -0.0251. The summed E-state index contributed by atoms with van der Waals surface area (Å²) in [6, 6.07) is 70.3.